The second-order valence-corrected chi connectivity index (χ2v) is 7.25. The van der Waals surface area contributed by atoms with Crippen molar-refractivity contribution in [3.8, 4) is 0 Å². The van der Waals surface area contributed by atoms with Crippen LogP contribution in [0.5, 0.6) is 0 Å². The molecule has 3 heterocycles. The van der Waals surface area contributed by atoms with Crippen molar-refractivity contribution in [2.45, 2.75) is 48.7 Å². The lowest BCUT2D eigenvalue weighted by Crippen LogP contribution is -2.38. The summed E-state index contributed by atoms with van der Waals surface area (Å²) in [5.41, 5.74) is 1.58. The van der Waals surface area contributed by atoms with E-state index < -0.39 is 0 Å². The molecule has 3 unspecified atom stereocenters. The summed E-state index contributed by atoms with van der Waals surface area (Å²) < 4.78 is 0. The Kier molecular flexibility index (Phi) is 3.30. The Hall–Kier alpha value is -0.510. The maximum Gasteiger partial charge on any atom is 0.0367 e. The van der Waals surface area contributed by atoms with Gasteiger partial charge in [0, 0.05) is 36.1 Å². The molecule has 19 heavy (non-hydrogen) atoms. The van der Waals surface area contributed by atoms with Gasteiger partial charge in [0.25, 0.3) is 0 Å². The molecular formula is C16H22N2S. The summed E-state index contributed by atoms with van der Waals surface area (Å²) in [4.78, 5) is 4.27. The molecule has 3 heteroatoms. The van der Waals surface area contributed by atoms with Gasteiger partial charge in [0.1, 0.15) is 0 Å². The van der Waals surface area contributed by atoms with Crippen molar-refractivity contribution in [3.63, 3.8) is 0 Å². The molecule has 2 nitrogen and oxygen atoms in total. The van der Waals surface area contributed by atoms with Crippen LogP contribution in [0.25, 0.3) is 0 Å². The molecule has 1 N–H and O–H groups in total. The van der Waals surface area contributed by atoms with Crippen molar-refractivity contribution < 1.29 is 0 Å². The molecule has 4 rings (SSSR count). The minimum absolute atomic E-state index is 0.665. The first-order valence-corrected chi connectivity index (χ1v) is 8.60. The molecule has 0 saturated carbocycles. The van der Waals surface area contributed by atoms with E-state index in [-0.39, 0.29) is 0 Å². The maximum atomic E-state index is 3.80. The van der Waals surface area contributed by atoms with E-state index in [0.29, 0.717) is 6.04 Å². The van der Waals surface area contributed by atoms with Crippen LogP contribution in [0.2, 0.25) is 0 Å². The maximum absolute atomic E-state index is 3.80. The fraction of sp³-hybridized carbons (Fsp3) is 0.625. The van der Waals surface area contributed by atoms with Crippen molar-refractivity contribution in [2.75, 3.05) is 18.8 Å². The van der Waals surface area contributed by atoms with E-state index in [1.807, 2.05) is 11.8 Å². The van der Waals surface area contributed by atoms with Gasteiger partial charge in [-0.25, -0.2) is 0 Å². The highest BCUT2D eigenvalue weighted by Crippen LogP contribution is 2.40. The SMILES string of the molecule is c1ccc2c(c1)SCCC2N1CCC2CCC(C1)N2. The number of hydrogen-bond acceptors (Lipinski definition) is 3. The Bertz CT molecular complexity index is 462. The van der Waals surface area contributed by atoms with Crippen LogP contribution >= 0.6 is 11.8 Å². The Morgan fingerprint density at radius 1 is 1.05 bits per heavy atom. The minimum Gasteiger partial charge on any atom is -0.310 e. The first-order chi connectivity index (χ1) is 9.40. The molecule has 2 fully saturated rings. The van der Waals surface area contributed by atoms with Gasteiger partial charge in [-0.15, -0.1) is 11.8 Å². The van der Waals surface area contributed by atoms with Crippen molar-refractivity contribution in [2.24, 2.45) is 0 Å². The van der Waals surface area contributed by atoms with Crippen molar-refractivity contribution >= 4 is 11.8 Å². The molecular weight excluding hydrogens is 252 g/mol. The third kappa shape index (κ3) is 2.32. The number of likely N-dealkylation sites (tertiary alicyclic amines) is 1. The molecule has 2 saturated heterocycles. The first kappa shape index (κ1) is 12.2. The zero-order valence-electron chi connectivity index (χ0n) is 11.3. The van der Waals surface area contributed by atoms with E-state index in [1.54, 1.807) is 5.56 Å². The average Bonchev–Trinajstić information content (AvgIpc) is 2.78. The molecule has 0 aliphatic carbocycles. The fourth-order valence-corrected chi connectivity index (χ4v) is 5.06. The predicted octanol–water partition coefficient (Wildman–Crippen LogP) is 3.05. The third-order valence-corrected chi connectivity index (χ3v) is 6.04. The molecule has 0 amide bonds. The van der Waals surface area contributed by atoms with Gasteiger partial charge >= 0.3 is 0 Å². The lowest BCUT2D eigenvalue weighted by atomic mass is 9.99. The molecule has 1 aromatic carbocycles. The molecule has 1 aromatic rings. The van der Waals surface area contributed by atoms with E-state index in [2.05, 4.69) is 34.5 Å². The molecule has 2 bridgehead atoms. The van der Waals surface area contributed by atoms with Gasteiger partial charge in [0.2, 0.25) is 0 Å². The van der Waals surface area contributed by atoms with Gasteiger partial charge in [-0.3, -0.25) is 4.90 Å². The minimum atomic E-state index is 0.665. The largest absolute Gasteiger partial charge is 0.310 e. The standard InChI is InChI=1S/C16H22N2S/c1-2-4-16-14(3-1)15(8-10-19-16)18-9-7-12-5-6-13(11-18)17-12/h1-4,12-13,15,17H,5-11H2. The van der Waals surface area contributed by atoms with Crippen LogP contribution in [0.3, 0.4) is 0 Å². The molecule has 3 aliphatic rings. The molecule has 0 spiro atoms. The quantitative estimate of drug-likeness (QED) is 0.847. The highest BCUT2D eigenvalue weighted by molar-refractivity contribution is 7.99. The summed E-state index contributed by atoms with van der Waals surface area (Å²) in [6.45, 7) is 2.53. The first-order valence-electron chi connectivity index (χ1n) is 7.62. The summed E-state index contributed by atoms with van der Waals surface area (Å²) in [5.74, 6) is 1.28. The molecule has 3 atom stereocenters. The number of benzene rings is 1. The van der Waals surface area contributed by atoms with Crippen LogP contribution in [-0.4, -0.2) is 35.8 Å². The lowest BCUT2D eigenvalue weighted by molar-refractivity contribution is 0.180. The van der Waals surface area contributed by atoms with E-state index in [4.69, 9.17) is 0 Å². The summed E-state index contributed by atoms with van der Waals surface area (Å²) in [5, 5.41) is 3.80. The van der Waals surface area contributed by atoms with Gasteiger partial charge in [-0.05, 0) is 43.1 Å². The van der Waals surface area contributed by atoms with Crippen LogP contribution in [0, 0.1) is 0 Å². The normalized spacial score (nSPS) is 34.8. The number of fused-ring (bicyclic) bond motifs is 3. The molecule has 0 radical (unpaired) electrons. The summed E-state index contributed by atoms with van der Waals surface area (Å²) in [6.07, 6.45) is 5.43. The van der Waals surface area contributed by atoms with Gasteiger partial charge < -0.3 is 5.32 Å². The van der Waals surface area contributed by atoms with E-state index in [1.165, 1.54) is 49.4 Å². The zero-order chi connectivity index (χ0) is 12.7. The van der Waals surface area contributed by atoms with Gasteiger partial charge in [-0.2, -0.15) is 0 Å². The second kappa shape index (κ2) is 5.12. The lowest BCUT2D eigenvalue weighted by Gasteiger charge is -2.36. The van der Waals surface area contributed by atoms with Gasteiger partial charge in [-0.1, -0.05) is 18.2 Å². The van der Waals surface area contributed by atoms with Crippen LogP contribution in [0.15, 0.2) is 29.2 Å². The van der Waals surface area contributed by atoms with Gasteiger partial charge in [0.05, 0.1) is 0 Å². The topological polar surface area (TPSA) is 15.3 Å². The number of hydrogen-bond donors (Lipinski definition) is 1. The number of rotatable bonds is 1. The molecule has 0 aromatic heterocycles. The zero-order valence-corrected chi connectivity index (χ0v) is 12.2. The fourth-order valence-electron chi connectivity index (χ4n) is 3.96. The number of nitrogens with zero attached hydrogens (tertiary/aromatic N) is 1. The highest BCUT2D eigenvalue weighted by Gasteiger charge is 2.34. The van der Waals surface area contributed by atoms with Crippen LogP contribution in [0.1, 0.15) is 37.3 Å². The number of thioether (sulfide) groups is 1. The van der Waals surface area contributed by atoms with E-state index >= 15 is 0 Å². The Morgan fingerprint density at radius 2 is 1.95 bits per heavy atom. The smallest absolute Gasteiger partial charge is 0.0367 e. The summed E-state index contributed by atoms with van der Waals surface area (Å²) in [6, 6.07) is 11.2. The molecule has 102 valence electrons. The van der Waals surface area contributed by atoms with E-state index in [0.717, 1.165) is 12.1 Å². The third-order valence-electron chi connectivity index (χ3n) is 4.92. The Balaban J connectivity index is 1.59. The van der Waals surface area contributed by atoms with Crippen molar-refractivity contribution in [1.82, 2.24) is 10.2 Å². The van der Waals surface area contributed by atoms with E-state index in [9.17, 15) is 0 Å². The monoisotopic (exact) mass is 274 g/mol. The number of nitrogens with one attached hydrogen (secondary N) is 1. The van der Waals surface area contributed by atoms with Gasteiger partial charge in [0.15, 0.2) is 0 Å². The van der Waals surface area contributed by atoms with Crippen LogP contribution in [0.4, 0.5) is 0 Å². The van der Waals surface area contributed by atoms with Crippen molar-refractivity contribution in [3.05, 3.63) is 29.8 Å². The summed E-state index contributed by atoms with van der Waals surface area (Å²) in [7, 11) is 0. The Morgan fingerprint density at radius 3 is 2.95 bits per heavy atom. The average molecular weight is 274 g/mol. The van der Waals surface area contributed by atoms with Crippen LogP contribution < -0.4 is 5.32 Å². The molecule has 3 aliphatic heterocycles. The Labute approximate surface area is 119 Å². The highest BCUT2D eigenvalue weighted by atomic mass is 32.2. The second-order valence-electron chi connectivity index (χ2n) is 6.11. The summed E-state index contributed by atoms with van der Waals surface area (Å²) >= 11 is 2.03. The van der Waals surface area contributed by atoms with Crippen molar-refractivity contribution in [1.29, 1.82) is 0 Å². The van der Waals surface area contributed by atoms with Crippen LogP contribution in [-0.2, 0) is 0 Å². The predicted molar refractivity (Wildman–Crippen MR) is 80.7 cm³/mol.